The third kappa shape index (κ3) is 6.99. The van der Waals surface area contributed by atoms with E-state index in [-0.39, 0.29) is 11.8 Å². The van der Waals surface area contributed by atoms with E-state index in [2.05, 4.69) is 42.5 Å². The summed E-state index contributed by atoms with van der Waals surface area (Å²) in [5, 5.41) is 5.89. The zero-order valence-electron chi connectivity index (χ0n) is 23.2. The molecule has 6 nitrogen and oxygen atoms in total. The Morgan fingerprint density at radius 3 is 1.30 bits per heavy atom. The zero-order valence-corrected chi connectivity index (χ0v) is 26.3. The number of amides is 2. The minimum absolute atomic E-state index is 0.183. The van der Waals surface area contributed by atoms with Crippen molar-refractivity contribution in [1.29, 1.82) is 0 Å². The number of nitrogens with zero attached hydrogens (tertiary/aromatic N) is 2. The normalized spacial score (nSPS) is 10.7. The van der Waals surface area contributed by atoms with Crippen molar-refractivity contribution < 1.29 is 9.59 Å². The molecule has 0 saturated carbocycles. The lowest BCUT2D eigenvalue weighted by Crippen LogP contribution is -2.11. The molecule has 6 aromatic rings. The Kier molecular flexibility index (Phi) is 8.72. The Morgan fingerprint density at radius 1 is 0.477 bits per heavy atom. The van der Waals surface area contributed by atoms with Gasteiger partial charge < -0.3 is 10.6 Å². The number of halogens is 2. The van der Waals surface area contributed by atoms with Crippen LogP contribution in [0.2, 0.25) is 0 Å². The molecule has 0 radical (unpaired) electrons. The SMILES string of the molecule is O=C(Nc1ccc(-c2cc(-c3ccc(NC(=O)c4ccc(Br)cc4)cc3)nc(-c3ccccc3)n2)cc1)c1ccc(Br)cc1. The van der Waals surface area contributed by atoms with Gasteiger partial charge in [0, 0.05) is 48.1 Å². The number of benzene rings is 5. The molecular formula is C36H24Br2N4O2. The van der Waals surface area contributed by atoms with E-state index in [1.165, 1.54) is 0 Å². The van der Waals surface area contributed by atoms with Gasteiger partial charge in [0.15, 0.2) is 5.82 Å². The van der Waals surface area contributed by atoms with Gasteiger partial charge in [-0.3, -0.25) is 9.59 Å². The second kappa shape index (κ2) is 13.2. The van der Waals surface area contributed by atoms with Crippen molar-refractivity contribution in [1.82, 2.24) is 9.97 Å². The highest BCUT2D eigenvalue weighted by atomic mass is 79.9. The summed E-state index contributed by atoms with van der Waals surface area (Å²) in [6, 6.07) is 41.3. The molecule has 44 heavy (non-hydrogen) atoms. The zero-order chi connectivity index (χ0) is 30.5. The molecule has 1 heterocycles. The first-order valence-electron chi connectivity index (χ1n) is 13.7. The summed E-state index contributed by atoms with van der Waals surface area (Å²) in [6.07, 6.45) is 0. The summed E-state index contributed by atoms with van der Waals surface area (Å²) in [4.78, 5) is 35.1. The second-order valence-electron chi connectivity index (χ2n) is 9.90. The molecular weight excluding hydrogens is 680 g/mol. The van der Waals surface area contributed by atoms with Crippen LogP contribution in [0.25, 0.3) is 33.9 Å². The van der Waals surface area contributed by atoms with Crippen LogP contribution >= 0.6 is 31.9 Å². The quantitative estimate of drug-likeness (QED) is 0.174. The molecule has 1 aromatic heterocycles. The Morgan fingerprint density at radius 2 is 0.886 bits per heavy atom. The Balaban J connectivity index is 1.26. The van der Waals surface area contributed by atoms with Crippen molar-refractivity contribution in [3.8, 4) is 33.9 Å². The summed E-state index contributed by atoms with van der Waals surface area (Å²) >= 11 is 6.79. The fourth-order valence-electron chi connectivity index (χ4n) is 4.52. The predicted molar refractivity (Wildman–Crippen MR) is 183 cm³/mol. The minimum atomic E-state index is -0.183. The molecule has 0 aliphatic carbocycles. The van der Waals surface area contributed by atoms with Gasteiger partial charge in [-0.1, -0.05) is 86.5 Å². The van der Waals surface area contributed by atoms with Crippen molar-refractivity contribution in [2.45, 2.75) is 0 Å². The fraction of sp³-hybridized carbons (Fsp3) is 0. The lowest BCUT2D eigenvalue weighted by molar-refractivity contribution is 0.101. The molecule has 6 rings (SSSR count). The molecule has 0 bridgehead atoms. The van der Waals surface area contributed by atoms with Crippen LogP contribution in [0.15, 0.2) is 142 Å². The van der Waals surface area contributed by atoms with Crippen LogP contribution in [0.3, 0.4) is 0 Å². The maximum Gasteiger partial charge on any atom is 0.255 e. The number of hydrogen-bond acceptors (Lipinski definition) is 4. The van der Waals surface area contributed by atoms with Gasteiger partial charge in [-0.15, -0.1) is 0 Å². The largest absolute Gasteiger partial charge is 0.322 e. The molecule has 0 unspecified atom stereocenters. The van der Waals surface area contributed by atoms with Crippen LogP contribution in [0.5, 0.6) is 0 Å². The summed E-state index contributed by atoms with van der Waals surface area (Å²) in [6.45, 7) is 0. The molecule has 0 atom stereocenters. The number of carbonyl (C=O) groups excluding carboxylic acids is 2. The van der Waals surface area contributed by atoms with Crippen LogP contribution in [-0.2, 0) is 0 Å². The van der Waals surface area contributed by atoms with Gasteiger partial charge in [0.25, 0.3) is 11.8 Å². The highest BCUT2D eigenvalue weighted by Gasteiger charge is 2.13. The van der Waals surface area contributed by atoms with Crippen molar-refractivity contribution >= 4 is 55.0 Å². The Hall–Kier alpha value is -4.92. The summed E-state index contributed by atoms with van der Waals surface area (Å²) < 4.78 is 1.83. The van der Waals surface area contributed by atoms with Gasteiger partial charge in [-0.05, 0) is 78.9 Å². The first-order valence-corrected chi connectivity index (χ1v) is 15.3. The number of aromatic nitrogens is 2. The van der Waals surface area contributed by atoms with Crippen LogP contribution < -0.4 is 10.6 Å². The molecule has 2 N–H and O–H groups in total. The molecule has 0 saturated heterocycles. The number of rotatable bonds is 7. The van der Waals surface area contributed by atoms with Crippen LogP contribution in [0, 0.1) is 0 Å². The van der Waals surface area contributed by atoms with Crippen LogP contribution in [0.4, 0.5) is 11.4 Å². The lowest BCUT2D eigenvalue weighted by atomic mass is 10.1. The fourth-order valence-corrected chi connectivity index (χ4v) is 5.05. The van der Waals surface area contributed by atoms with Crippen molar-refractivity contribution in [3.05, 3.63) is 154 Å². The van der Waals surface area contributed by atoms with Gasteiger partial charge in [0.05, 0.1) is 11.4 Å². The van der Waals surface area contributed by atoms with Crippen molar-refractivity contribution in [2.75, 3.05) is 10.6 Å². The Labute approximate surface area is 271 Å². The molecule has 2 amide bonds. The maximum atomic E-state index is 12.7. The van der Waals surface area contributed by atoms with E-state index in [4.69, 9.17) is 9.97 Å². The van der Waals surface area contributed by atoms with Gasteiger partial charge >= 0.3 is 0 Å². The molecule has 0 spiro atoms. The van der Waals surface area contributed by atoms with Crippen LogP contribution in [0.1, 0.15) is 20.7 Å². The van der Waals surface area contributed by atoms with E-state index in [0.717, 1.165) is 37.0 Å². The average Bonchev–Trinajstić information content (AvgIpc) is 3.06. The Bertz CT molecular complexity index is 1810. The highest BCUT2D eigenvalue weighted by molar-refractivity contribution is 9.10. The smallest absolute Gasteiger partial charge is 0.255 e. The lowest BCUT2D eigenvalue weighted by Gasteiger charge is -2.11. The van der Waals surface area contributed by atoms with E-state index >= 15 is 0 Å². The van der Waals surface area contributed by atoms with Gasteiger partial charge in [-0.25, -0.2) is 9.97 Å². The molecule has 0 aliphatic rings. The van der Waals surface area contributed by atoms with Gasteiger partial charge in [0.1, 0.15) is 0 Å². The van der Waals surface area contributed by atoms with Crippen LogP contribution in [-0.4, -0.2) is 21.8 Å². The number of anilines is 2. The van der Waals surface area contributed by atoms with E-state index in [1.54, 1.807) is 24.3 Å². The minimum Gasteiger partial charge on any atom is -0.322 e. The summed E-state index contributed by atoms with van der Waals surface area (Å²) in [5.74, 6) is 0.230. The molecule has 214 valence electrons. The van der Waals surface area contributed by atoms with E-state index in [9.17, 15) is 9.59 Å². The third-order valence-corrected chi connectivity index (χ3v) is 7.91. The van der Waals surface area contributed by atoms with E-state index in [1.807, 2.05) is 109 Å². The first kappa shape index (κ1) is 29.2. The van der Waals surface area contributed by atoms with Gasteiger partial charge in [-0.2, -0.15) is 0 Å². The number of nitrogens with one attached hydrogen (secondary N) is 2. The van der Waals surface area contributed by atoms with Gasteiger partial charge in [0.2, 0.25) is 0 Å². The summed E-state index contributed by atoms with van der Waals surface area (Å²) in [5.41, 5.74) is 6.65. The van der Waals surface area contributed by atoms with E-state index < -0.39 is 0 Å². The average molecular weight is 704 g/mol. The predicted octanol–water partition coefficient (Wildman–Crippen LogP) is 9.51. The third-order valence-electron chi connectivity index (χ3n) is 6.85. The molecule has 5 aromatic carbocycles. The number of carbonyl (C=O) groups is 2. The maximum absolute atomic E-state index is 12.7. The molecule has 0 fully saturated rings. The molecule has 0 aliphatic heterocycles. The van der Waals surface area contributed by atoms with Crippen molar-refractivity contribution in [2.24, 2.45) is 0 Å². The standard InChI is InChI=1S/C36H24Br2N4O2/c37-28-14-6-26(7-15-28)35(43)39-30-18-10-23(11-19-30)32-22-33(42-34(41-32)25-4-2-1-3-5-25)24-12-20-31(21-13-24)40-36(44)27-8-16-29(38)17-9-27/h1-22H,(H,39,43)(H,40,44). The number of hydrogen-bond donors (Lipinski definition) is 2. The topological polar surface area (TPSA) is 84.0 Å². The van der Waals surface area contributed by atoms with Crippen molar-refractivity contribution in [3.63, 3.8) is 0 Å². The second-order valence-corrected chi connectivity index (χ2v) is 11.7. The summed E-state index contributed by atoms with van der Waals surface area (Å²) in [7, 11) is 0. The van der Waals surface area contributed by atoms with E-state index in [0.29, 0.717) is 28.3 Å². The highest BCUT2D eigenvalue weighted by Crippen LogP contribution is 2.29. The first-order chi connectivity index (χ1) is 21.4. The molecule has 8 heteroatoms. The monoisotopic (exact) mass is 702 g/mol.